The van der Waals surface area contributed by atoms with Crippen molar-refractivity contribution in [3.05, 3.63) is 47.5 Å². The Hall–Kier alpha value is -2.14. The van der Waals surface area contributed by atoms with Crippen molar-refractivity contribution in [2.24, 2.45) is 0 Å². The molecule has 5 nitrogen and oxygen atoms in total. The number of imidazole rings is 1. The van der Waals surface area contributed by atoms with E-state index in [4.69, 9.17) is 0 Å². The largest absolute Gasteiger partial charge is 0.348 e. The van der Waals surface area contributed by atoms with Crippen LogP contribution in [-0.2, 0) is 11.3 Å². The first-order valence-corrected chi connectivity index (χ1v) is 6.58. The van der Waals surface area contributed by atoms with Crippen LogP contribution < -0.4 is 5.32 Å². The van der Waals surface area contributed by atoms with Crippen molar-refractivity contribution in [1.82, 2.24) is 14.9 Å². The summed E-state index contributed by atoms with van der Waals surface area (Å²) in [5.41, 5.74) is 3.23. The van der Waals surface area contributed by atoms with Crippen molar-refractivity contribution in [2.45, 2.75) is 20.4 Å². The first-order valence-electron chi connectivity index (χ1n) is 6.58. The van der Waals surface area contributed by atoms with Gasteiger partial charge in [0.25, 0.3) is 0 Å². The van der Waals surface area contributed by atoms with Gasteiger partial charge < -0.3 is 10.3 Å². The average molecular weight is 272 g/mol. The lowest BCUT2D eigenvalue weighted by Gasteiger charge is -2.15. The van der Waals surface area contributed by atoms with Crippen LogP contribution in [0.1, 0.15) is 17.0 Å². The molecule has 1 aromatic heterocycles. The zero-order chi connectivity index (χ0) is 14.5. The molecule has 0 unspecified atom stereocenters. The molecule has 0 fully saturated rings. The molecule has 0 atom stereocenters. The highest BCUT2D eigenvalue weighted by molar-refractivity contribution is 5.92. The standard InChI is InChI=1S/C15H20N4O/c1-11-4-5-13(8-12(11)2)18-15(20)10-19(3)9-14-16-6-7-17-14/h4-8H,9-10H2,1-3H3,(H,16,17)(H,18,20). The van der Waals surface area contributed by atoms with Crippen molar-refractivity contribution in [3.8, 4) is 0 Å². The van der Waals surface area contributed by atoms with E-state index in [9.17, 15) is 4.79 Å². The molecule has 0 aliphatic heterocycles. The van der Waals surface area contributed by atoms with Gasteiger partial charge >= 0.3 is 0 Å². The number of benzene rings is 1. The molecule has 0 aliphatic carbocycles. The van der Waals surface area contributed by atoms with Crippen LogP contribution in [-0.4, -0.2) is 34.4 Å². The van der Waals surface area contributed by atoms with Crippen molar-refractivity contribution in [2.75, 3.05) is 18.9 Å². The normalized spacial score (nSPS) is 10.8. The third-order valence-corrected chi connectivity index (χ3v) is 3.18. The number of hydrogen-bond acceptors (Lipinski definition) is 3. The van der Waals surface area contributed by atoms with E-state index >= 15 is 0 Å². The maximum absolute atomic E-state index is 12.0. The van der Waals surface area contributed by atoms with Crippen molar-refractivity contribution >= 4 is 11.6 Å². The zero-order valence-electron chi connectivity index (χ0n) is 12.1. The zero-order valence-corrected chi connectivity index (χ0v) is 12.1. The molecule has 2 rings (SSSR count). The number of rotatable bonds is 5. The smallest absolute Gasteiger partial charge is 0.238 e. The monoisotopic (exact) mass is 272 g/mol. The highest BCUT2D eigenvalue weighted by Crippen LogP contribution is 2.14. The lowest BCUT2D eigenvalue weighted by Crippen LogP contribution is -2.30. The molecule has 0 saturated carbocycles. The summed E-state index contributed by atoms with van der Waals surface area (Å²) in [6, 6.07) is 5.92. The van der Waals surface area contributed by atoms with Crippen molar-refractivity contribution < 1.29 is 4.79 Å². The highest BCUT2D eigenvalue weighted by Gasteiger charge is 2.08. The molecule has 2 N–H and O–H groups in total. The number of nitrogens with zero attached hydrogens (tertiary/aromatic N) is 2. The minimum absolute atomic E-state index is 0.0256. The summed E-state index contributed by atoms with van der Waals surface area (Å²) in [7, 11) is 1.89. The first kappa shape index (κ1) is 14.3. The summed E-state index contributed by atoms with van der Waals surface area (Å²) in [6.45, 7) is 5.03. The second kappa shape index (κ2) is 6.34. The average Bonchev–Trinajstić information content (AvgIpc) is 2.86. The van der Waals surface area contributed by atoms with Gasteiger partial charge in [0.15, 0.2) is 0 Å². The Morgan fingerprint density at radius 1 is 1.35 bits per heavy atom. The molecule has 1 aromatic carbocycles. The number of amides is 1. The molecule has 0 spiro atoms. The van der Waals surface area contributed by atoms with E-state index in [-0.39, 0.29) is 5.91 Å². The van der Waals surface area contributed by atoms with E-state index in [1.54, 1.807) is 12.4 Å². The van der Waals surface area contributed by atoms with Gasteiger partial charge in [-0.3, -0.25) is 9.69 Å². The Bertz CT molecular complexity index is 578. The number of likely N-dealkylation sites (N-methyl/N-ethyl adjacent to an activating group) is 1. The molecule has 20 heavy (non-hydrogen) atoms. The van der Waals surface area contributed by atoms with Gasteiger partial charge in [0, 0.05) is 18.1 Å². The molecular formula is C15H20N4O. The van der Waals surface area contributed by atoms with Gasteiger partial charge in [0.1, 0.15) is 5.82 Å². The van der Waals surface area contributed by atoms with Crippen LogP contribution in [0.15, 0.2) is 30.6 Å². The minimum atomic E-state index is -0.0256. The second-order valence-corrected chi connectivity index (χ2v) is 5.06. The van der Waals surface area contributed by atoms with Gasteiger partial charge in [-0.2, -0.15) is 0 Å². The number of anilines is 1. The maximum atomic E-state index is 12.0. The van der Waals surface area contributed by atoms with E-state index in [0.29, 0.717) is 13.1 Å². The SMILES string of the molecule is Cc1ccc(NC(=O)CN(C)Cc2ncc[nH]2)cc1C. The number of nitrogens with one attached hydrogen (secondary N) is 2. The van der Waals surface area contributed by atoms with Crippen molar-refractivity contribution in [3.63, 3.8) is 0 Å². The third-order valence-electron chi connectivity index (χ3n) is 3.18. The summed E-state index contributed by atoms with van der Waals surface area (Å²) < 4.78 is 0. The van der Waals surface area contributed by atoms with E-state index in [1.807, 2.05) is 37.1 Å². The van der Waals surface area contributed by atoms with E-state index in [0.717, 1.165) is 11.5 Å². The molecule has 106 valence electrons. The van der Waals surface area contributed by atoms with Gasteiger partial charge in [-0.05, 0) is 44.2 Å². The third kappa shape index (κ3) is 3.93. The van der Waals surface area contributed by atoms with Crippen LogP contribution in [0.3, 0.4) is 0 Å². The number of aromatic amines is 1. The highest BCUT2D eigenvalue weighted by atomic mass is 16.2. The number of carbonyl (C=O) groups excluding carboxylic acids is 1. The summed E-state index contributed by atoms with van der Waals surface area (Å²) >= 11 is 0. The fourth-order valence-electron chi connectivity index (χ4n) is 1.96. The van der Waals surface area contributed by atoms with Crippen LogP contribution in [0.25, 0.3) is 0 Å². The Labute approximate surface area is 119 Å². The molecule has 0 aliphatic rings. The molecule has 0 saturated heterocycles. The van der Waals surface area contributed by atoms with Crippen LogP contribution >= 0.6 is 0 Å². The molecular weight excluding hydrogens is 252 g/mol. The van der Waals surface area contributed by atoms with Crippen molar-refractivity contribution in [1.29, 1.82) is 0 Å². The van der Waals surface area contributed by atoms with Crippen LogP contribution in [0.4, 0.5) is 5.69 Å². The molecule has 5 heteroatoms. The second-order valence-electron chi connectivity index (χ2n) is 5.06. The molecule has 1 heterocycles. The Balaban J connectivity index is 1.87. The fourth-order valence-corrected chi connectivity index (χ4v) is 1.96. The Kier molecular flexibility index (Phi) is 4.53. The van der Waals surface area contributed by atoms with Crippen LogP contribution in [0, 0.1) is 13.8 Å². The summed E-state index contributed by atoms with van der Waals surface area (Å²) in [5.74, 6) is 0.828. The Morgan fingerprint density at radius 2 is 2.15 bits per heavy atom. The molecule has 0 bridgehead atoms. The number of aryl methyl sites for hydroxylation is 2. The lowest BCUT2D eigenvalue weighted by atomic mass is 10.1. The number of hydrogen-bond donors (Lipinski definition) is 2. The summed E-state index contributed by atoms with van der Waals surface area (Å²) in [6.07, 6.45) is 3.48. The van der Waals surface area contributed by atoms with Gasteiger partial charge in [-0.1, -0.05) is 6.07 Å². The van der Waals surface area contributed by atoms with Gasteiger partial charge in [-0.15, -0.1) is 0 Å². The van der Waals surface area contributed by atoms with E-state index < -0.39 is 0 Å². The van der Waals surface area contributed by atoms with E-state index in [2.05, 4.69) is 22.2 Å². The number of H-pyrrole nitrogens is 1. The molecule has 0 radical (unpaired) electrons. The minimum Gasteiger partial charge on any atom is -0.348 e. The summed E-state index contributed by atoms with van der Waals surface area (Å²) in [4.78, 5) is 21.0. The topological polar surface area (TPSA) is 61.0 Å². The summed E-state index contributed by atoms with van der Waals surface area (Å²) in [5, 5.41) is 2.91. The quantitative estimate of drug-likeness (QED) is 0.876. The van der Waals surface area contributed by atoms with Crippen LogP contribution in [0.2, 0.25) is 0 Å². The van der Waals surface area contributed by atoms with Gasteiger partial charge in [0.2, 0.25) is 5.91 Å². The fraction of sp³-hybridized carbons (Fsp3) is 0.333. The van der Waals surface area contributed by atoms with Gasteiger partial charge in [0.05, 0.1) is 13.1 Å². The first-order chi connectivity index (χ1) is 9.54. The number of aromatic nitrogens is 2. The van der Waals surface area contributed by atoms with Crippen LogP contribution in [0.5, 0.6) is 0 Å². The predicted molar refractivity (Wildman–Crippen MR) is 79.5 cm³/mol. The molecule has 2 aromatic rings. The maximum Gasteiger partial charge on any atom is 0.238 e. The molecule has 1 amide bonds. The predicted octanol–water partition coefficient (Wildman–Crippen LogP) is 2.10. The van der Waals surface area contributed by atoms with E-state index in [1.165, 1.54) is 11.1 Å². The Morgan fingerprint density at radius 3 is 2.80 bits per heavy atom. The number of carbonyl (C=O) groups is 1. The van der Waals surface area contributed by atoms with Gasteiger partial charge in [-0.25, -0.2) is 4.98 Å². The lowest BCUT2D eigenvalue weighted by molar-refractivity contribution is -0.117.